The molecule has 0 bridgehead atoms. The van der Waals surface area contributed by atoms with Crippen molar-refractivity contribution < 1.29 is 9.84 Å². The number of nitrogen functional groups attached to an aromatic ring is 1. The van der Waals surface area contributed by atoms with Gasteiger partial charge in [0.25, 0.3) is 0 Å². The highest BCUT2D eigenvalue weighted by molar-refractivity contribution is 5.81. The van der Waals surface area contributed by atoms with E-state index in [1.54, 1.807) is 10.9 Å². The molecule has 1 saturated heterocycles. The molecule has 0 aromatic carbocycles. The first kappa shape index (κ1) is 11.4. The van der Waals surface area contributed by atoms with E-state index in [9.17, 15) is 5.11 Å². The zero-order valence-electron chi connectivity index (χ0n) is 10.0. The van der Waals surface area contributed by atoms with E-state index in [1.165, 1.54) is 6.33 Å². The predicted molar refractivity (Wildman–Crippen MR) is 64.6 cm³/mol. The van der Waals surface area contributed by atoms with Gasteiger partial charge in [-0.05, 0) is 6.42 Å². The van der Waals surface area contributed by atoms with Gasteiger partial charge >= 0.3 is 0 Å². The minimum Gasteiger partial charge on any atom is -0.390 e. The number of aromatic nitrogens is 4. The summed E-state index contributed by atoms with van der Waals surface area (Å²) in [5.41, 5.74) is 6.93. The maximum atomic E-state index is 9.87. The van der Waals surface area contributed by atoms with Crippen LogP contribution in [0.2, 0.25) is 0 Å². The second-order valence-corrected chi connectivity index (χ2v) is 4.42. The lowest BCUT2D eigenvalue weighted by molar-refractivity contribution is -0.0183. The molecule has 7 nitrogen and oxygen atoms in total. The number of imidazole rings is 1. The number of nitrogens with zero attached hydrogens (tertiary/aromatic N) is 4. The molecular formula is C11H15N5O2. The number of rotatable bonds is 2. The average molecular weight is 249 g/mol. The molecule has 1 aliphatic rings. The molecule has 0 saturated carbocycles. The van der Waals surface area contributed by atoms with E-state index in [-0.39, 0.29) is 12.3 Å². The van der Waals surface area contributed by atoms with E-state index in [0.717, 1.165) is 6.42 Å². The number of hydrogen-bond acceptors (Lipinski definition) is 6. The minimum absolute atomic E-state index is 0.133. The van der Waals surface area contributed by atoms with Gasteiger partial charge in [0.2, 0.25) is 0 Å². The second-order valence-electron chi connectivity index (χ2n) is 4.42. The number of nitrogens with two attached hydrogens (primary N) is 1. The van der Waals surface area contributed by atoms with Crippen molar-refractivity contribution in [3.05, 3.63) is 12.7 Å². The molecule has 0 amide bonds. The molecule has 1 aliphatic heterocycles. The Morgan fingerprint density at radius 3 is 3.06 bits per heavy atom. The van der Waals surface area contributed by atoms with Crippen molar-refractivity contribution >= 4 is 17.0 Å². The standard InChI is InChI=1S/C11H15N5O2/c1-2-7-6(17)3-8(18-7)16-5-15-9-10(12)13-4-14-11(9)16/h4-8,17H,2-3H2,1H3,(H2,12,13,14). The molecule has 3 heterocycles. The Labute approximate surface area is 104 Å². The number of hydrogen-bond donors (Lipinski definition) is 2. The molecule has 96 valence electrons. The Kier molecular flexibility index (Phi) is 2.64. The summed E-state index contributed by atoms with van der Waals surface area (Å²) in [6.07, 6.45) is 3.52. The number of aliphatic hydroxyl groups excluding tert-OH is 1. The Hall–Kier alpha value is -1.73. The van der Waals surface area contributed by atoms with E-state index < -0.39 is 6.10 Å². The maximum Gasteiger partial charge on any atom is 0.167 e. The van der Waals surface area contributed by atoms with E-state index >= 15 is 0 Å². The first-order valence-corrected chi connectivity index (χ1v) is 5.97. The molecule has 3 N–H and O–H groups in total. The zero-order chi connectivity index (χ0) is 12.7. The quantitative estimate of drug-likeness (QED) is 0.802. The van der Waals surface area contributed by atoms with Gasteiger partial charge in [-0.2, -0.15) is 0 Å². The first-order valence-electron chi connectivity index (χ1n) is 5.97. The van der Waals surface area contributed by atoms with Crippen LogP contribution in [-0.2, 0) is 4.74 Å². The predicted octanol–water partition coefficient (Wildman–Crippen LogP) is 0.467. The molecule has 2 aromatic heterocycles. The van der Waals surface area contributed by atoms with Crippen LogP contribution in [0, 0.1) is 0 Å². The van der Waals surface area contributed by atoms with Crippen LogP contribution < -0.4 is 5.73 Å². The van der Waals surface area contributed by atoms with Crippen LogP contribution >= 0.6 is 0 Å². The molecule has 3 atom stereocenters. The molecule has 0 spiro atoms. The van der Waals surface area contributed by atoms with Crippen LogP contribution in [0.3, 0.4) is 0 Å². The first-order chi connectivity index (χ1) is 8.70. The fourth-order valence-electron chi connectivity index (χ4n) is 2.33. The van der Waals surface area contributed by atoms with Gasteiger partial charge in [0.05, 0.1) is 18.5 Å². The number of aliphatic hydroxyl groups is 1. The Bertz CT molecular complexity index is 570. The molecule has 0 aliphatic carbocycles. The van der Waals surface area contributed by atoms with Gasteiger partial charge < -0.3 is 15.6 Å². The highest BCUT2D eigenvalue weighted by Crippen LogP contribution is 2.32. The third kappa shape index (κ3) is 1.63. The van der Waals surface area contributed by atoms with Gasteiger partial charge in [0.15, 0.2) is 11.5 Å². The van der Waals surface area contributed by atoms with Crippen LogP contribution in [0.25, 0.3) is 11.2 Å². The summed E-state index contributed by atoms with van der Waals surface area (Å²) in [6, 6.07) is 0. The molecule has 18 heavy (non-hydrogen) atoms. The molecule has 0 radical (unpaired) electrons. The Balaban J connectivity index is 1.99. The zero-order valence-corrected chi connectivity index (χ0v) is 10.0. The van der Waals surface area contributed by atoms with Crippen LogP contribution in [0.1, 0.15) is 26.0 Å². The van der Waals surface area contributed by atoms with Crippen LogP contribution in [0.5, 0.6) is 0 Å². The summed E-state index contributed by atoms with van der Waals surface area (Å²) in [7, 11) is 0. The monoisotopic (exact) mass is 249 g/mol. The van der Waals surface area contributed by atoms with Crippen molar-refractivity contribution in [1.82, 2.24) is 19.5 Å². The summed E-state index contributed by atoms with van der Waals surface area (Å²) in [5.74, 6) is 0.351. The van der Waals surface area contributed by atoms with Gasteiger partial charge in [-0.15, -0.1) is 0 Å². The van der Waals surface area contributed by atoms with E-state index in [0.29, 0.717) is 23.4 Å². The van der Waals surface area contributed by atoms with Crippen molar-refractivity contribution in [3.8, 4) is 0 Å². The molecule has 3 rings (SSSR count). The summed E-state index contributed by atoms with van der Waals surface area (Å²) < 4.78 is 7.58. The third-order valence-corrected chi connectivity index (χ3v) is 3.30. The van der Waals surface area contributed by atoms with Crippen molar-refractivity contribution in [2.75, 3.05) is 5.73 Å². The van der Waals surface area contributed by atoms with Crippen LogP contribution in [-0.4, -0.2) is 36.8 Å². The fraction of sp³-hybridized carbons (Fsp3) is 0.545. The molecule has 3 unspecified atom stereocenters. The summed E-state index contributed by atoms with van der Waals surface area (Å²) in [6.45, 7) is 1.99. The molecular weight excluding hydrogens is 234 g/mol. The highest BCUT2D eigenvalue weighted by Gasteiger charge is 2.34. The smallest absolute Gasteiger partial charge is 0.167 e. The molecule has 2 aromatic rings. The third-order valence-electron chi connectivity index (χ3n) is 3.30. The van der Waals surface area contributed by atoms with Crippen LogP contribution in [0.4, 0.5) is 5.82 Å². The lowest BCUT2D eigenvalue weighted by atomic mass is 10.1. The summed E-state index contributed by atoms with van der Waals surface area (Å²) >= 11 is 0. The number of ether oxygens (including phenoxy) is 1. The van der Waals surface area contributed by atoms with Gasteiger partial charge in [-0.3, -0.25) is 4.57 Å². The Morgan fingerprint density at radius 2 is 2.33 bits per heavy atom. The van der Waals surface area contributed by atoms with Crippen LogP contribution in [0.15, 0.2) is 12.7 Å². The van der Waals surface area contributed by atoms with Crippen molar-refractivity contribution in [3.63, 3.8) is 0 Å². The minimum atomic E-state index is -0.448. The number of fused-ring (bicyclic) bond motifs is 1. The second kappa shape index (κ2) is 4.18. The van der Waals surface area contributed by atoms with Gasteiger partial charge in [-0.1, -0.05) is 6.92 Å². The number of anilines is 1. The summed E-state index contributed by atoms with van der Waals surface area (Å²) in [4.78, 5) is 12.3. The lowest BCUT2D eigenvalue weighted by Crippen LogP contribution is -2.19. The molecule has 1 fully saturated rings. The normalized spacial score (nSPS) is 28.0. The topological polar surface area (TPSA) is 99.1 Å². The van der Waals surface area contributed by atoms with E-state index in [4.69, 9.17) is 10.5 Å². The lowest BCUT2D eigenvalue weighted by Gasteiger charge is -2.13. The fourth-order valence-corrected chi connectivity index (χ4v) is 2.33. The van der Waals surface area contributed by atoms with Gasteiger partial charge in [-0.25, -0.2) is 15.0 Å². The van der Waals surface area contributed by atoms with E-state index in [2.05, 4.69) is 15.0 Å². The molecule has 7 heteroatoms. The average Bonchev–Trinajstić information content (AvgIpc) is 2.93. The van der Waals surface area contributed by atoms with Gasteiger partial charge in [0.1, 0.15) is 18.1 Å². The van der Waals surface area contributed by atoms with Crippen molar-refractivity contribution in [1.29, 1.82) is 0 Å². The SMILES string of the molecule is CCC1OC(n2cnc3c(N)ncnc32)CC1O. The van der Waals surface area contributed by atoms with Crippen molar-refractivity contribution in [2.24, 2.45) is 0 Å². The largest absolute Gasteiger partial charge is 0.390 e. The van der Waals surface area contributed by atoms with Gasteiger partial charge in [0, 0.05) is 6.42 Å². The Morgan fingerprint density at radius 1 is 1.50 bits per heavy atom. The summed E-state index contributed by atoms with van der Waals surface area (Å²) in [5, 5.41) is 9.87. The van der Waals surface area contributed by atoms with Crippen molar-refractivity contribution in [2.45, 2.75) is 38.2 Å². The highest BCUT2D eigenvalue weighted by atomic mass is 16.5. The maximum absolute atomic E-state index is 9.87. The van der Waals surface area contributed by atoms with E-state index in [1.807, 2.05) is 6.92 Å².